The first kappa shape index (κ1) is 12.0. The molecule has 0 spiro atoms. The van der Waals surface area contributed by atoms with Gasteiger partial charge in [-0.05, 0) is 12.1 Å². The van der Waals surface area contributed by atoms with Crippen LogP contribution in [0.15, 0.2) is 29.6 Å². The molecule has 3 N–H and O–H groups in total. The lowest BCUT2D eigenvalue weighted by atomic mass is 10.2. The average Bonchev–Trinajstić information content (AvgIpc) is 2.77. The average molecular weight is 268 g/mol. The molecule has 0 unspecified atom stereocenters. The van der Waals surface area contributed by atoms with Gasteiger partial charge >= 0.3 is 0 Å². The molecule has 0 aliphatic carbocycles. The summed E-state index contributed by atoms with van der Waals surface area (Å²) in [5, 5.41) is 3.34. The molecule has 0 fully saturated rings. The number of hydrogen-bond donors (Lipinski definition) is 2. The first-order valence-corrected chi connectivity index (χ1v) is 6.14. The number of nitrogens with one attached hydrogen (secondary N) is 1. The maximum atomic E-state index is 11.1. The zero-order chi connectivity index (χ0) is 12.3. The molecule has 1 amide bonds. The maximum absolute atomic E-state index is 11.1. The number of nitrogens with two attached hydrogens (primary N) is 1. The molecule has 0 saturated heterocycles. The normalized spacial score (nSPS) is 10.2. The predicted molar refractivity (Wildman–Crippen MR) is 68.6 cm³/mol. The van der Waals surface area contributed by atoms with E-state index in [4.69, 9.17) is 17.4 Å². The van der Waals surface area contributed by atoms with Gasteiger partial charge in [-0.25, -0.2) is 10.8 Å². The summed E-state index contributed by atoms with van der Waals surface area (Å²) in [5.41, 5.74) is 3.72. The van der Waals surface area contributed by atoms with Crippen molar-refractivity contribution >= 4 is 28.8 Å². The number of hydrazine groups is 1. The van der Waals surface area contributed by atoms with E-state index in [1.54, 1.807) is 6.07 Å². The van der Waals surface area contributed by atoms with Crippen molar-refractivity contribution < 1.29 is 4.79 Å². The van der Waals surface area contributed by atoms with Crippen LogP contribution < -0.4 is 11.3 Å². The zero-order valence-electron chi connectivity index (χ0n) is 8.81. The van der Waals surface area contributed by atoms with Crippen LogP contribution in [0.4, 0.5) is 0 Å². The van der Waals surface area contributed by atoms with Crippen LogP contribution in [-0.4, -0.2) is 10.9 Å². The molecule has 2 rings (SSSR count). The Morgan fingerprint density at radius 3 is 3.06 bits per heavy atom. The van der Waals surface area contributed by atoms with E-state index < -0.39 is 0 Å². The lowest BCUT2D eigenvalue weighted by Crippen LogP contribution is -2.31. The molecular formula is C11H10ClN3OS. The van der Waals surface area contributed by atoms with Crippen LogP contribution in [-0.2, 0) is 11.2 Å². The molecule has 0 aliphatic rings. The molecule has 1 aromatic heterocycles. The van der Waals surface area contributed by atoms with E-state index >= 15 is 0 Å². The van der Waals surface area contributed by atoms with E-state index in [1.165, 1.54) is 11.3 Å². The van der Waals surface area contributed by atoms with Crippen LogP contribution in [0.1, 0.15) is 5.69 Å². The third-order valence-electron chi connectivity index (χ3n) is 2.13. The molecule has 0 radical (unpaired) electrons. The van der Waals surface area contributed by atoms with E-state index in [1.807, 2.05) is 23.6 Å². The lowest BCUT2D eigenvalue weighted by molar-refractivity contribution is -0.120. The van der Waals surface area contributed by atoms with Gasteiger partial charge in [0.25, 0.3) is 0 Å². The quantitative estimate of drug-likeness (QED) is 0.508. The minimum Gasteiger partial charge on any atom is -0.294 e. The smallest absolute Gasteiger partial charge is 0.239 e. The molecule has 0 bridgehead atoms. The van der Waals surface area contributed by atoms with Gasteiger partial charge in [0.05, 0.1) is 12.1 Å². The molecule has 1 heterocycles. The third-order valence-corrected chi connectivity index (χ3v) is 3.30. The Kier molecular flexibility index (Phi) is 3.73. The summed E-state index contributed by atoms with van der Waals surface area (Å²) in [6, 6.07) is 7.44. The minimum atomic E-state index is -0.257. The molecule has 4 nitrogen and oxygen atoms in total. The van der Waals surface area contributed by atoms with Gasteiger partial charge in [0.2, 0.25) is 5.91 Å². The van der Waals surface area contributed by atoms with Crippen molar-refractivity contribution in [3.63, 3.8) is 0 Å². The van der Waals surface area contributed by atoms with Crippen LogP contribution in [0.5, 0.6) is 0 Å². The topological polar surface area (TPSA) is 68.0 Å². The molecule has 6 heteroatoms. The van der Waals surface area contributed by atoms with E-state index in [0.717, 1.165) is 10.6 Å². The molecular weight excluding hydrogens is 258 g/mol. The largest absolute Gasteiger partial charge is 0.294 e. The number of carbonyl (C=O) groups excluding carboxylic acids is 1. The summed E-state index contributed by atoms with van der Waals surface area (Å²) in [7, 11) is 0. The fraction of sp³-hybridized carbons (Fsp3) is 0.0909. The molecule has 17 heavy (non-hydrogen) atoms. The highest BCUT2D eigenvalue weighted by Crippen LogP contribution is 2.26. The first-order chi connectivity index (χ1) is 8.19. The van der Waals surface area contributed by atoms with Crippen molar-refractivity contribution in [2.75, 3.05) is 0 Å². The second-order valence-corrected chi connectivity index (χ2v) is 4.69. The second-order valence-electron chi connectivity index (χ2n) is 3.40. The van der Waals surface area contributed by atoms with Crippen LogP contribution in [0.25, 0.3) is 10.6 Å². The highest BCUT2D eigenvalue weighted by atomic mass is 35.5. The Morgan fingerprint density at radius 2 is 2.35 bits per heavy atom. The molecule has 0 aliphatic heterocycles. The molecule has 88 valence electrons. The van der Waals surface area contributed by atoms with Crippen molar-refractivity contribution in [3.05, 3.63) is 40.4 Å². The third kappa shape index (κ3) is 3.03. The SMILES string of the molecule is NNC(=O)Cc1csc(-c2cccc(Cl)c2)n1. The van der Waals surface area contributed by atoms with Gasteiger partial charge < -0.3 is 0 Å². The van der Waals surface area contributed by atoms with E-state index in [-0.39, 0.29) is 12.3 Å². The van der Waals surface area contributed by atoms with Crippen molar-refractivity contribution in [1.29, 1.82) is 0 Å². The zero-order valence-corrected chi connectivity index (χ0v) is 10.4. The molecule has 1 aromatic carbocycles. The Labute approximate surface area is 107 Å². The number of hydrogen-bond acceptors (Lipinski definition) is 4. The van der Waals surface area contributed by atoms with Crippen LogP contribution in [0.2, 0.25) is 5.02 Å². The van der Waals surface area contributed by atoms with Crippen molar-refractivity contribution in [2.24, 2.45) is 5.84 Å². The van der Waals surface area contributed by atoms with Gasteiger partial charge in [-0.15, -0.1) is 11.3 Å². The standard InChI is InChI=1S/C11H10ClN3OS/c12-8-3-1-2-7(4-8)11-14-9(6-17-11)5-10(16)15-13/h1-4,6H,5,13H2,(H,15,16). The van der Waals surface area contributed by atoms with Gasteiger partial charge in [-0.2, -0.15) is 0 Å². The number of carbonyl (C=O) groups is 1. The highest BCUT2D eigenvalue weighted by Gasteiger charge is 2.08. The fourth-order valence-electron chi connectivity index (χ4n) is 1.36. The Hall–Kier alpha value is -1.43. The Morgan fingerprint density at radius 1 is 1.53 bits per heavy atom. The van der Waals surface area contributed by atoms with Crippen molar-refractivity contribution in [2.45, 2.75) is 6.42 Å². The van der Waals surface area contributed by atoms with Gasteiger partial charge in [0.15, 0.2) is 0 Å². The maximum Gasteiger partial charge on any atom is 0.239 e. The number of benzene rings is 1. The summed E-state index contributed by atoms with van der Waals surface area (Å²) in [6.45, 7) is 0. The fourth-order valence-corrected chi connectivity index (χ4v) is 2.36. The van der Waals surface area contributed by atoms with Gasteiger partial charge in [0, 0.05) is 16.0 Å². The summed E-state index contributed by atoms with van der Waals surface area (Å²) in [4.78, 5) is 15.4. The Balaban J connectivity index is 2.21. The monoisotopic (exact) mass is 267 g/mol. The highest BCUT2D eigenvalue weighted by molar-refractivity contribution is 7.13. The van der Waals surface area contributed by atoms with Gasteiger partial charge in [-0.3, -0.25) is 10.2 Å². The summed E-state index contributed by atoms with van der Waals surface area (Å²) < 4.78 is 0. The van der Waals surface area contributed by atoms with E-state index in [9.17, 15) is 4.79 Å². The molecule has 0 atom stereocenters. The summed E-state index contributed by atoms with van der Waals surface area (Å²) in [6.07, 6.45) is 0.188. The van der Waals surface area contributed by atoms with Crippen molar-refractivity contribution in [3.8, 4) is 10.6 Å². The number of rotatable bonds is 3. The minimum absolute atomic E-state index is 0.188. The molecule has 0 saturated carbocycles. The van der Waals surface area contributed by atoms with Crippen LogP contribution in [0, 0.1) is 0 Å². The van der Waals surface area contributed by atoms with Gasteiger partial charge in [-0.1, -0.05) is 23.7 Å². The van der Waals surface area contributed by atoms with E-state index in [2.05, 4.69) is 10.4 Å². The lowest BCUT2D eigenvalue weighted by Gasteiger charge is -1.97. The predicted octanol–water partition coefficient (Wildman–Crippen LogP) is 2.00. The number of amides is 1. The number of thiazole rings is 1. The summed E-state index contributed by atoms with van der Waals surface area (Å²) >= 11 is 7.38. The Bertz CT molecular complexity index is 541. The molecule has 2 aromatic rings. The van der Waals surface area contributed by atoms with Crippen LogP contribution >= 0.6 is 22.9 Å². The number of halogens is 1. The van der Waals surface area contributed by atoms with Gasteiger partial charge in [0.1, 0.15) is 5.01 Å². The first-order valence-electron chi connectivity index (χ1n) is 4.89. The van der Waals surface area contributed by atoms with Crippen molar-refractivity contribution in [1.82, 2.24) is 10.4 Å². The van der Waals surface area contributed by atoms with Crippen LogP contribution in [0.3, 0.4) is 0 Å². The number of aromatic nitrogens is 1. The second kappa shape index (κ2) is 5.27. The number of nitrogens with zero attached hydrogens (tertiary/aromatic N) is 1. The summed E-state index contributed by atoms with van der Waals surface area (Å²) in [5.74, 6) is 4.76. The van der Waals surface area contributed by atoms with E-state index in [0.29, 0.717) is 10.7 Å².